The lowest BCUT2D eigenvalue weighted by Gasteiger charge is -2.21. The molecule has 0 bridgehead atoms. The number of nitrogens with one attached hydrogen (secondary N) is 1. The predicted octanol–water partition coefficient (Wildman–Crippen LogP) is 2.88. The molecule has 1 unspecified atom stereocenters. The molecule has 1 aliphatic heterocycles. The molecule has 1 atom stereocenters. The molecule has 1 N–H and O–H groups in total. The second-order valence-corrected chi connectivity index (χ2v) is 4.89. The van der Waals surface area contributed by atoms with Gasteiger partial charge in [0.15, 0.2) is 0 Å². The summed E-state index contributed by atoms with van der Waals surface area (Å²) < 4.78 is 5.52. The maximum atomic E-state index is 5.52. The van der Waals surface area contributed by atoms with Crippen LogP contribution in [-0.4, -0.2) is 23.1 Å². The molecule has 0 saturated heterocycles. The molecule has 0 radical (unpaired) electrons. The third-order valence-electron chi connectivity index (χ3n) is 3.44. The van der Waals surface area contributed by atoms with Gasteiger partial charge in [0.2, 0.25) is 0 Å². The average molecular weight is 249 g/mol. The minimum Gasteiger partial charge on any atom is -0.376 e. The monoisotopic (exact) mass is 249 g/mol. The molecule has 0 fully saturated rings. The highest BCUT2D eigenvalue weighted by Gasteiger charge is 2.19. The Morgan fingerprint density at radius 1 is 1.33 bits per heavy atom. The summed E-state index contributed by atoms with van der Waals surface area (Å²) in [6.45, 7) is 8.88. The second kappa shape index (κ2) is 6.14. The van der Waals surface area contributed by atoms with Crippen molar-refractivity contribution in [3.05, 3.63) is 17.1 Å². The van der Waals surface area contributed by atoms with Crippen LogP contribution in [0.2, 0.25) is 0 Å². The maximum absolute atomic E-state index is 5.52. The lowest BCUT2D eigenvalue weighted by atomic mass is 10.1. The van der Waals surface area contributed by atoms with Crippen molar-refractivity contribution < 1.29 is 4.74 Å². The van der Waals surface area contributed by atoms with Gasteiger partial charge in [0.25, 0.3) is 0 Å². The molecule has 2 rings (SSSR count). The molecule has 1 aromatic heterocycles. The third-order valence-corrected chi connectivity index (χ3v) is 3.44. The molecule has 1 aliphatic rings. The predicted molar refractivity (Wildman–Crippen MR) is 72.9 cm³/mol. The Morgan fingerprint density at radius 2 is 2.17 bits per heavy atom. The number of nitrogens with zero attached hydrogens (tertiary/aromatic N) is 2. The molecule has 0 amide bonds. The van der Waals surface area contributed by atoms with Crippen molar-refractivity contribution in [3.8, 4) is 0 Å². The third kappa shape index (κ3) is 2.80. The van der Waals surface area contributed by atoms with Gasteiger partial charge < -0.3 is 10.1 Å². The van der Waals surface area contributed by atoms with Gasteiger partial charge >= 0.3 is 0 Å². The summed E-state index contributed by atoms with van der Waals surface area (Å²) in [6, 6.07) is 0. The van der Waals surface area contributed by atoms with Gasteiger partial charge in [-0.05, 0) is 12.8 Å². The molecule has 4 heteroatoms. The average Bonchev–Trinajstić information content (AvgIpc) is 2.43. The van der Waals surface area contributed by atoms with E-state index in [1.807, 2.05) is 0 Å². The highest BCUT2D eigenvalue weighted by molar-refractivity contribution is 5.47. The van der Waals surface area contributed by atoms with E-state index in [0.717, 1.165) is 49.6 Å². The van der Waals surface area contributed by atoms with E-state index < -0.39 is 0 Å². The summed E-state index contributed by atoms with van der Waals surface area (Å²) in [6.07, 6.45) is 3.07. The van der Waals surface area contributed by atoms with E-state index >= 15 is 0 Å². The first-order chi connectivity index (χ1) is 8.76. The second-order valence-electron chi connectivity index (χ2n) is 4.89. The number of ether oxygens (including phenoxy) is 1. The van der Waals surface area contributed by atoms with E-state index in [2.05, 4.69) is 26.1 Å². The molecule has 100 valence electrons. The Labute approximate surface area is 109 Å². The SMILES string of the molecule is CCCNc1nc(C(C)CC)nc2c1COCC2. The van der Waals surface area contributed by atoms with Crippen molar-refractivity contribution in [2.45, 2.75) is 52.6 Å². The molecular weight excluding hydrogens is 226 g/mol. The lowest BCUT2D eigenvalue weighted by molar-refractivity contribution is 0.109. The Hall–Kier alpha value is -1.16. The van der Waals surface area contributed by atoms with E-state index in [1.165, 1.54) is 5.69 Å². The quantitative estimate of drug-likeness (QED) is 0.871. The summed E-state index contributed by atoms with van der Waals surface area (Å²) in [5, 5.41) is 3.41. The first kappa shape index (κ1) is 13.3. The van der Waals surface area contributed by atoms with Crippen molar-refractivity contribution in [2.24, 2.45) is 0 Å². The molecule has 0 aromatic carbocycles. The van der Waals surface area contributed by atoms with Gasteiger partial charge in [-0.25, -0.2) is 9.97 Å². The fourth-order valence-electron chi connectivity index (χ4n) is 2.04. The Kier molecular flexibility index (Phi) is 4.53. The maximum Gasteiger partial charge on any atom is 0.135 e. The van der Waals surface area contributed by atoms with Crippen LogP contribution >= 0.6 is 0 Å². The van der Waals surface area contributed by atoms with Crippen molar-refractivity contribution in [1.82, 2.24) is 9.97 Å². The molecule has 0 spiro atoms. The van der Waals surface area contributed by atoms with Crippen molar-refractivity contribution in [3.63, 3.8) is 0 Å². The highest BCUT2D eigenvalue weighted by atomic mass is 16.5. The number of fused-ring (bicyclic) bond motifs is 1. The normalized spacial score (nSPS) is 16.2. The number of hydrogen-bond donors (Lipinski definition) is 1. The van der Waals surface area contributed by atoms with E-state index in [0.29, 0.717) is 12.5 Å². The van der Waals surface area contributed by atoms with E-state index in [-0.39, 0.29) is 0 Å². The first-order valence-electron chi connectivity index (χ1n) is 6.97. The molecule has 1 aromatic rings. The zero-order valence-corrected chi connectivity index (χ0v) is 11.6. The zero-order valence-electron chi connectivity index (χ0n) is 11.6. The zero-order chi connectivity index (χ0) is 13.0. The topological polar surface area (TPSA) is 47.0 Å². The lowest BCUT2D eigenvalue weighted by Crippen LogP contribution is -2.19. The van der Waals surface area contributed by atoms with Crippen molar-refractivity contribution >= 4 is 5.82 Å². The van der Waals surface area contributed by atoms with E-state index in [1.54, 1.807) is 0 Å². The van der Waals surface area contributed by atoms with Crippen LogP contribution in [0.15, 0.2) is 0 Å². The Morgan fingerprint density at radius 3 is 2.89 bits per heavy atom. The smallest absolute Gasteiger partial charge is 0.135 e. The Bertz CT molecular complexity index is 406. The minimum atomic E-state index is 0.417. The molecular formula is C14H23N3O. The van der Waals surface area contributed by atoms with Crippen LogP contribution in [0.5, 0.6) is 0 Å². The largest absolute Gasteiger partial charge is 0.376 e. The van der Waals surface area contributed by atoms with Crippen LogP contribution in [0.25, 0.3) is 0 Å². The fourth-order valence-corrected chi connectivity index (χ4v) is 2.04. The highest BCUT2D eigenvalue weighted by Crippen LogP contribution is 2.25. The van der Waals surface area contributed by atoms with Crippen molar-refractivity contribution in [1.29, 1.82) is 0 Å². The van der Waals surface area contributed by atoms with Crippen LogP contribution in [-0.2, 0) is 17.8 Å². The van der Waals surface area contributed by atoms with Crippen LogP contribution in [0.1, 0.15) is 56.6 Å². The summed E-state index contributed by atoms with van der Waals surface area (Å²) in [4.78, 5) is 9.41. The summed E-state index contributed by atoms with van der Waals surface area (Å²) in [5.74, 6) is 2.37. The number of aromatic nitrogens is 2. The summed E-state index contributed by atoms with van der Waals surface area (Å²) >= 11 is 0. The number of rotatable bonds is 5. The molecule has 2 heterocycles. The van der Waals surface area contributed by atoms with E-state index in [4.69, 9.17) is 14.7 Å². The van der Waals surface area contributed by atoms with Gasteiger partial charge in [0.1, 0.15) is 11.6 Å². The van der Waals surface area contributed by atoms with Gasteiger partial charge in [-0.1, -0.05) is 20.8 Å². The van der Waals surface area contributed by atoms with Gasteiger partial charge in [-0.3, -0.25) is 0 Å². The summed E-state index contributed by atoms with van der Waals surface area (Å²) in [7, 11) is 0. The Balaban J connectivity index is 2.34. The molecule has 0 saturated carbocycles. The fraction of sp³-hybridized carbons (Fsp3) is 0.714. The molecule has 0 aliphatic carbocycles. The van der Waals surface area contributed by atoms with Crippen LogP contribution in [0.4, 0.5) is 5.82 Å². The van der Waals surface area contributed by atoms with Gasteiger partial charge in [-0.15, -0.1) is 0 Å². The van der Waals surface area contributed by atoms with Crippen LogP contribution in [0.3, 0.4) is 0 Å². The van der Waals surface area contributed by atoms with Gasteiger partial charge in [0.05, 0.1) is 18.9 Å². The minimum absolute atomic E-state index is 0.417. The first-order valence-corrected chi connectivity index (χ1v) is 6.97. The van der Waals surface area contributed by atoms with Gasteiger partial charge in [0, 0.05) is 24.4 Å². The standard InChI is InChI=1S/C14H23N3O/c1-4-7-15-14-11-9-18-8-6-12(11)16-13(17-14)10(3)5-2/h10H,4-9H2,1-3H3,(H,15,16,17). The van der Waals surface area contributed by atoms with Crippen LogP contribution < -0.4 is 5.32 Å². The number of anilines is 1. The van der Waals surface area contributed by atoms with Gasteiger partial charge in [-0.2, -0.15) is 0 Å². The summed E-state index contributed by atoms with van der Waals surface area (Å²) in [5.41, 5.74) is 2.33. The van der Waals surface area contributed by atoms with Crippen LogP contribution in [0, 0.1) is 0 Å². The number of hydrogen-bond acceptors (Lipinski definition) is 4. The van der Waals surface area contributed by atoms with Crippen molar-refractivity contribution in [2.75, 3.05) is 18.5 Å². The molecule has 4 nitrogen and oxygen atoms in total. The van der Waals surface area contributed by atoms with E-state index in [9.17, 15) is 0 Å². The molecule has 18 heavy (non-hydrogen) atoms.